The first-order chi connectivity index (χ1) is 8.00. The van der Waals surface area contributed by atoms with Crippen molar-refractivity contribution in [1.82, 2.24) is 10.2 Å². The first-order valence-electron chi connectivity index (χ1n) is 5.86. The molecule has 0 aliphatic carbocycles. The SMILES string of the molecule is CC(C)CC(NC(=O)N1CCSCC1)C(=O)O. The van der Waals surface area contributed by atoms with Gasteiger partial charge in [0.25, 0.3) is 0 Å². The maximum Gasteiger partial charge on any atom is 0.326 e. The van der Waals surface area contributed by atoms with Gasteiger partial charge in [-0.05, 0) is 12.3 Å². The Labute approximate surface area is 106 Å². The molecule has 1 rings (SSSR count). The fourth-order valence-corrected chi connectivity index (χ4v) is 2.60. The molecule has 0 bridgehead atoms. The van der Waals surface area contributed by atoms with Crippen LogP contribution in [0.25, 0.3) is 0 Å². The van der Waals surface area contributed by atoms with E-state index < -0.39 is 12.0 Å². The highest BCUT2D eigenvalue weighted by Crippen LogP contribution is 2.10. The molecule has 1 atom stereocenters. The number of urea groups is 1. The van der Waals surface area contributed by atoms with Crippen LogP contribution in [0.1, 0.15) is 20.3 Å². The molecule has 1 saturated heterocycles. The second-order valence-electron chi connectivity index (χ2n) is 4.57. The fourth-order valence-electron chi connectivity index (χ4n) is 1.70. The lowest BCUT2D eigenvalue weighted by Gasteiger charge is -2.28. The smallest absolute Gasteiger partial charge is 0.326 e. The van der Waals surface area contributed by atoms with Crippen LogP contribution in [0, 0.1) is 5.92 Å². The van der Waals surface area contributed by atoms with E-state index in [1.807, 2.05) is 25.6 Å². The van der Waals surface area contributed by atoms with Gasteiger partial charge in [0.2, 0.25) is 0 Å². The van der Waals surface area contributed by atoms with E-state index in [4.69, 9.17) is 5.11 Å². The number of amides is 2. The number of carboxylic acids is 1. The molecule has 0 aromatic heterocycles. The van der Waals surface area contributed by atoms with Gasteiger partial charge in [-0.25, -0.2) is 9.59 Å². The van der Waals surface area contributed by atoms with Crippen molar-refractivity contribution in [3.63, 3.8) is 0 Å². The molecule has 98 valence electrons. The van der Waals surface area contributed by atoms with E-state index in [1.54, 1.807) is 4.90 Å². The van der Waals surface area contributed by atoms with Gasteiger partial charge in [0.15, 0.2) is 0 Å². The van der Waals surface area contributed by atoms with Crippen LogP contribution in [0.4, 0.5) is 4.79 Å². The van der Waals surface area contributed by atoms with Crippen LogP contribution in [0.15, 0.2) is 0 Å². The van der Waals surface area contributed by atoms with Gasteiger partial charge in [0, 0.05) is 24.6 Å². The van der Waals surface area contributed by atoms with Gasteiger partial charge < -0.3 is 15.3 Å². The maximum atomic E-state index is 11.8. The Hall–Kier alpha value is -0.910. The van der Waals surface area contributed by atoms with E-state index >= 15 is 0 Å². The Morgan fingerprint density at radius 3 is 2.41 bits per heavy atom. The third kappa shape index (κ3) is 4.85. The Kier molecular flexibility index (Phi) is 5.61. The van der Waals surface area contributed by atoms with Crippen LogP contribution in [-0.2, 0) is 4.79 Å². The van der Waals surface area contributed by atoms with E-state index in [2.05, 4.69) is 5.32 Å². The van der Waals surface area contributed by atoms with Crippen LogP contribution in [0.5, 0.6) is 0 Å². The molecule has 0 aromatic carbocycles. The molecule has 0 aromatic rings. The molecule has 1 fully saturated rings. The van der Waals surface area contributed by atoms with Crippen LogP contribution in [-0.4, -0.2) is 52.6 Å². The molecule has 0 saturated carbocycles. The van der Waals surface area contributed by atoms with E-state index in [0.29, 0.717) is 19.5 Å². The highest BCUT2D eigenvalue weighted by molar-refractivity contribution is 7.99. The van der Waals surface area contributed by atoms with Gasteiger partial charge >= 0.3 is 12.0 Å². The lowest BCUT2D eigenvalue weighted by molar-refractivity contribution is -0.139. The number of carboxylic acid groups (broad SMARTS) is 1. The normalized spacial score (nSPS) is 17.9. The number of nitrogens with zero attached hydrogens (tertiary/aromatic N) is 1. The molecular weight excluding hydrogens is 240 g/mol. The standard InChI is InChI=1S/C11H20N2O3S/c1-8(2)7-9(10(14)15)12-11(16)13-3-5-17-6-4-13/h8-9H,3-7H2,1-2H3,(H,12,16)(H,14,15). The van der Waals surface area contributed by atoms with E-state index in [1.165, 1.54) is 0 Å². The molecule has 1 heterocycles. The topological polar surface area (TPSA) is 69.6 Å². The largest absolute Gasteiger partial charge is 0.480 e. The van der Waals surface area contributed by atoms with Gasteiger partial charge in [-0.1, -0.05) is 13.8 Å². The van der Waals surface area contributed by atoms with E-state index in [9.17, 15) is 9.59 Å². The predicted octanol–water partition coefficient (Wildman–Crippen LogP) is 1.24. The van der Waals surface area contributed by atoms with Gasteiger partial charge in [-0.3, -0.25) is 0 Å². The summed E-state index contributed by atoms with van der Waals surface area (Å²) in [6, 6.07) is -1.03. The molecule has 0 spiro atoms. The zero-order chi connectivity index (χ0) is 12.8. The highest BCUT2D eigenvalue weighted by Gasteiger charge is 2.24. The molecule has 1 aliphatic rings. The van der Waals surface area contributed by atoms with Gasteiger partial charge in [0.1, 0.15) is 6.04 Å². The molecular formula is C11H20N2O3S. The third-order valence-electron chi connectivity index (χ3n) is 2.60. The lowest BCUT2D eigenvalue weighted by atomic mass is 10.0. The van der Waals surface area contributed by atoms with E-state index in [-0.39, 0.29) is 11.9 Å². The quantitative estimate of drug-likeness (QED) is 0.798. The van der Waals surface area contributed by atoms with E-state index in [0.717, 1.165) is 11.5 Å². The number of rotatable bonds is 4. The van der Waals surface area contributed by atoms with Crippen molar-refractivity contribution in [2.24, 2.45) is 5.92 Å². The van der Waals surface area contributed by atoms with Crippen LogP contribution >= 0.6 is 11.8 Å². The van der Waals surface area contributed by atoms with Crippen molar-refractivity contribution in [3.8, 4) is 0 Å². The molecule has 17 heavy (non-hydrogen) atoms. The van der Waals surface area contributed by atoms with Gasteiger partial charge in [-0.15, -0.1) is 0 Å². The number of aliphatic carboxylic acids is 1. The number of carbonyl (C=O) groups is 2. The zero-order valence-electron chi connectivity index (χ0n) is 10.3. The lowest BCUT2D eigenvalue weighted by Crippen LogP contribution is -2.50. The molecule has 1 aliphatic heterocycles. The van der Waals surface area contributed by atoms with Gasteiger partial charge in [0.05, 0.1) is 0 Å². The summed E-state index contributed by atoms with van der Waals surface area (Å²) >= 11 is 1.81. The summed E-state index contributed by atoms with van der Waals surface area (Å²) in [5.74, 6) is 1.14. The van der Waals surface area contributed by atoms with Crippen molar-refractivity contribution in [3.05, 3.63) is 0 Å². The summed E-state index contributed by atoms with van der Waals surface area (Å²) in [5, 5.41) is 11.6. The van der Waals surface area contributed by atoms with Crippen molar-refractivity contribution in [2.45, 2.75) is 26.3 Å². The maximum absolute atomic E-state index is 11.8. The molecule has 2 amide bonds. The van der Waals surface area contributed by atoms with Crippen molar-refractivity contribution >= 4 is 23.8 Å². The second-order valence-corrected chi connectivity index (χ2v) is 5.79. The first kappa shape index (κ1) is 14.2. The molecule has 6 heteroatoms. The van der Waals surface area contributed by atoms with Crippen molar-refractivity contribution < 1.29 is 14.7 Å². The van der Waals surface area contributed by atoms with Crippen molar-refractivity contribution in [2.75, 3.05) is 24.6 Å². The average Bonchev–Trinajstić information content (AvgIpc) is 2.28. The number of hydrogen-bond donors (Lipinski definition) is 2. The minimum Gasteiger partial charge on any atom is -0.480 e. The summed E-state index contributed by atoms with van der Waals surface area (Å²) in [5.41, 5.74) is 0. The van der Waals surface area contributed by atoms with Crippen LogP contribution < -0.4 is 5.32 Å². The minimum absolute atomic E-state index is 0.244. The molecule has 2 N–H and O–H groups in total. The highest BCUT2D eigenvalue weighted by atomic mass is 32.2. The van der Waals surface area contributed by atoms with Crippen LogP contribution in [0.3, 0.4) is 0 Å². The average molecular weight is 260 g/mol. The molecule has 0 radical (unpaired) electrons. The first-order valence-corrected chi connectivity index (χ1v) is 7.02. The predicted molar refractivity (Wildman–Crippen MR) is 68.3 cm³/mol. The number of thioether (sulfide) groups is 1. The Bertz CT molecular complexity index is 278. The zero-order valence-corrected chi connectivity index (χ0v) is 11.1. The summed E-state index contributed by atoms with van der Waals surface area (Å²) in [7, 11) is 0. The number of carbonyl (C=O) groups excluding carboxylic acids is 1. The summed E-state index contributed by atoms with van der Waals surface area (Å²) in [6.07, 6.45) is 0.462. The second kappa shape index (κ2) is 6.74. The summed E-state index contributed by atoms with van der Waals surface area (Å²) in [4.78, 5) is 24.5. The van der Waals surface area contributed by atoms with Crippen LogP contribution in [0.2, 0.25) is 0 Å². The Morgan fingerprint density at radius 1 is 1.35 bits per heavy atom. The number of nitrogens with one attached hydrogen (secondary N) is 1. The van der Waals surface area contributed by atoms with Gasteiger partial charge in [-0.2, -0.15) is 11.8 Å². The molecule has 5 nitrogen and oxygen atoms in total. The summed E-state index contributed by atoms with van der Waals surface area (Å²) in [6.45, 7) is 5.29. The molecule has 1 unspecified atom stereocenters. The monoisotopic (exact) mass is 260 g/mol. The third-order valence-corrected chi connectivity index (χ3v) is 3.54. The summed E-state index contributed by atoms with van der Waals surface area (Å²) < 4.78 is 0. The number of hydrogen-bond acceptors (Lipinski definition) is 3. The van der Waals surface area contributed by atoms with Crippen molar-refractivity contribution in [1.29, 1.82) is 0 Å². The fraction of sp³-hybridized carbons (Fsp3) is 0.818. The Balaban J connectivity index is 2.47. The Morgan fingerprint density at radius 2 is 1.94 bits per heavy atom. The minimum atomic E-state index is -0.960.